The summed E-state index contributed by atoms with van der Waals surface area (Å²) in [6.07, 6.45) is 3.44. The number of carbonyl (C=O) groups excluding carboxylic acids is 1. The Bertz CT molecular complexity index is 1010. The average molecular weight is 387 g/mol. The lowest BCUT2D eigenvalue weighted by molar-refractivity contribution is -0.112. The van der Waals surface area contributed by atoms with E-state index < -0.39 is 5.91 Å². The van der Waals surface area contributed by atoms with Gasteiger partial charge in [0.15, 0.2) is 0 Å². The van der Waals surface area contributed by atoms with Crippen LogP contribution in [0.15, 0.2) is 72.0 Å². The topological polar surface area (TPSA) is 65.4 Å². The number of benzene rings is 2. The van der Waals surface area contributed by atoms with Crippen LogP contribution in [0.1, 0.15) is 26.3 Å². The number of carbonyl (C=O) groups is 1. The van der Waals surface area contributed by atoms with Crippen LogP contribution in [0.4, 0.5) is 11.4 Å². The highest BCUT2D eigenvalue weighted by Gasteiger charge is 2.37. The normalized spacial score (nSPS) is 16.3. The number of nitrogens with zero attached hydrogens (tertiary/aromatic N) is 2. The molecule has 0 bridgehead atoms. The molecule has 1 heterocycles. The van der Waals surface area contributed by atoms with Gasteiger partial charge in [0.1, 0.15) is 17.4 Å². The van der Waals surface area contributed by atoms with Crippen LogP contribution in [0, 0.1) is 11.3 Å². The summed E-state index contributed by atoms with van der Waals surface area (Å²) in [4.78, 5) is 14.6. The van der Waals surface area contributed by atoms with Gasteiger partial charge in [-0.25, -0.2) is 0 Å². The van der Waals surface area contributed by atoms with Crippen LogP contribution in [-0.4, -0.2) is 19.6 Å². The monoisotopic (exact) mass is 387 g/mol. The summed E-state index contributed by atoms with van der Waals surface area (Å²) < 4.78 is 5.40. The van der Waals surface area contributed by atoms with Crippen LogP contribution in [0.25, 0.3) is 0 Å². The fraction of sp³-hybridized carbons (Fsp3) is 0.250. The summed E-state index contributed by atoms with van der Waals surface area (Å²) in [6.45, 7) is 6.77. The van der Waals surface area contributed by atoms with E-state index >= 15 is 0 Å². The van der Waals surface area contributed by atoms with Crippen LogP contribution in [-0.2, 0) is 10.2 Å². The Balaban J connectivity index is 1.81. The molecule has 0 saturated heterocycles. The van der Waals surface area contributed by atoms with Crippen molar-refractivity contribution >= 4 is 17.3 Å². The molecule has 3 rings (SSSR count). The Morgan fingerprint density at radius 2 is 1.90 bits per heavy atom. The van der Waals surface area contributed by atoms with Crippen molar-refractivity contribution in [2.45, 2.75) is 26.2 Å². The van der Waals surface area contributed by atoms with E-state index in [-0.39, 0.29) is 11.0 Å². The fourth-order valence-corrected chi connectivity index (χ4v) is 3.63. The van der Waals surface area contributed by atoms with Gasteiger partial charge < -0.3 is 15.0 Å². The van der Waals surface area contributed by atoms with Crippen molar-refractivity contribution in [2.24, 2.45) is 0 Å². The number of nitrogens with one attached hydrogen (secondary N) is 1. The van der Waals surface area contributed by atoms with Gasteiger partial charge in [-0.05, 0) is 55.0 Å². The van der Waals surface area contributed by atoms with Gasteiger partial charge >= 0.3 is 0 Å². The van der Waals surface area contributed by atoms with Crippen molar-refractivity contribution < 1.29 is 9.53 Å². The summed E-state index contributed by atoms with van der Waals surface area (Å²) in [6, 6.07) is 17.3. The Labute approximate surface area is 171 Å². The minimum absolute atomic E-state index is 0.0477. The predicted octanol–water partition coefficient (Wildman–Crippen LogP) is 4.79. The lowest BCUT2D eigenvalue weighted by Gasteiger charge is -2.23. The number of hydrogen-bond acceptors (Lipinski definition) is 4. The van der Waals surface area contributed by atoms with Gasteiger partial charge in [0, 0.05) is 29.5 Å². The molecule has 1 N–H and O–H groups in total. The number of ether oxygens (including phenoxy) is 1. The van der Waals surface area contributed by atoms with E-state index in [2.05, 4.69) is 36.2 Å². The molecule has 2 aromatic rings. The van der Waals surface area contributed by atoms with E-state index in [1.54, 1.807) is 30.3 Å². The maximum Gasteiger partial charge on any atom is 0.266 e. The minimum Gasteiger partial charge on any atom is -0.494 e. The molecule has 0 fully saturated rings. The number of amides is 1. The molecule has 0 atom stereocenters. The summed E-state index contributed by atoms with van der Waals surface area (Å²) >= 11 is 0. The second kappa shape index (κ2) is 8.24. The molecular formula is C24H25N3O2. The number of anilines is 2. The summed E-state index contributed by atoms with van der Waals surface area (Å²) in [5.41, 5.74) is 3.83. The zero-order valence-electron chi connectivity index (χ0n) is 17.2. The van der Waals surface area contributed by atoms with Crippen LogP contribution < -0.4 is 15.0 Å². The number of rotatable bonds is 5. The first-order valence-corrected chi connectivity index (χ1v) is 9.58. The van der Waals surface area contributed by atoms with E-state index in [0.29, 0.717) is 12.3 Å². The zero-order valence-corrected chi connectivity index (χ0v) is 17.2. The van der Waals surface area contributed by atoms with Crippen molar-refractivity contribution in [1.29, 1.82) is 5.26 Å². The van der Waals surface area contributed by atoms with Crippen LogP contribution in [0.5, 0.6) is 5.75 Å². The highest BCUT2D eigenvalue weighted by Crippen LogP contribution is 2.46. The van der Waals surface area contributed by atoms with Gasteiger partial charge in [0.2, 0.25) is 0 Å². The first kappa shape index (κ1) is 20.2. The zero-order chi connectivity index (χ0) is 21.0. The minimum atomic E-state index is -0.440. The molecule has 5 nitrogen and oxygen atoms in total. The van der Waals surface area contributed by atoms with Gasteiger partial charge in [-0.2, -0.15) is 5.26 Å². The van der Waals surface area contributed by atoms with Crippen molar-refractivity contribution in [3.05, 3.63) is 77.5 Å². The molecule has 5 heteroatoms. The molecule has 1 amide bonds. The Kier molecular flexibility index (Phi) is 5.74. The number of hydrogen-bond donors (Lipinski definition) is 1. The third-order valence-corrected chi connectivity index (χ3v) is 5.14. The number of likely N-dealkylation sites (N-methyl/N-ethyl adjacent to an activating group) is 1. The number of nitriles is 1. The second-order valence-electron chi connectivity index (χ2n) is 7.36. The van der Waals surface area contributed by atoms with Crippen molar-refractivity contribution in [2.75, 3.05) is 23.9 Å². The van der Waals surface area contributed by atoms with Gasteiger partial charge in [-0.3, -0.25) is 4.79 Å². The highest BCUT2D eigenvalue weighted by molar-refractivity contribution is 6.06. The fourth-order valence-electron chi connectivity index (χ4n) is 3.63. The summed E-state index contributed by atoms with van der Waals surface area (Å²) in [5.74, 6) is 0.293. The smallest absolute Gasteiger partial charge is 0.266 e. The van der Waals surface area contributed by atoms with E-state index in [9.17, 15) is 10.1 Å². The van der Waals surface area contributed by atoms with Crippen molar-refractivity contribution in [3.8, 4) is 11.8 Å². The molecule has 0 unspecified atom stereocenters. The van der Waals surface area contributed by atoms with E-state index in [4.69, 9.17) is 4.74 Å². The third-order valence-electron chi connectivity index (χ3n) is 5.14. The maximum atomic E-state index is 12.5. The largest absolute Gasteiger partial charge is 0.494 e. The molecule has 0 saturated carbocycles. The molecule has 0 aromatic heterocycles. The summed E-state index contributed by atoms with van der Waals surface area (Å²) in [5, 5.41) is 12.2. The average Bonchev–Trinajstić information content (AvgIpc) is 2.91. The molecule has 1 aliphatic heterocycles. The molecule has 0 spiro atoms. The standard InChI is InChI=1S/C24H25N3O2/c1-5-29-19-13-11-18(12-14-19)26-23(28)17(16-25)10-15-22-24(2,3)20-8-6-7-9-21(20)27(22)4/h6-15H,5H2,1-4H3,(H,26,28)/b17-10+,22-15-. The van der Waals surface area contributed by atoms with Crippen LogP contribution in [0.3, 0.4) is 0 Å². The SMILES string of the molecule is CCOc1ccc(NC(=O)/C(C#N)=C/C=C2\N(C)c3ccccc3C2(C)C)cc1. The third kappa shape index (κ3) is 4.02. The van der Waals surface area contributed by atoms with Gasteiger partial charge in [-0.1, -0.05) is 32.0 Å². The lowest BCUT2D eigenvalue weighted by atomic mass is 9.83. The van der Waals surface area contributed by atoms with Crippen molar-refractivity contribution in [1.82, 2.24) is 0 Å². The predicted molar refractivity (Wildman–Crippen MR) is 116 cm³/mol. The molecule has 148 valence electrons. The molecule has 0 radical (unpaired) electrons. The molecule has 2 aromatic carbocycles. The quantitative estimate of drug-likeness (QED) is 0.592. The first-order chi connectivity index (χ1) is 13.9. The summed E-state index contributed by atoms with van der Waals surface area (Å²) in [7, 11) is 2.00. The van der Waals surface area contributed by atoms with Crippen molar-refractivity contribution in [3.63, 3.8) is 0 Å². The number of para-hydroxylation sites is 1. The second-order valence-corrected chi connectivity index (χ2v) is 7.36. The Morgan fingerprint density at radius 3 is 2.52 bits per heavy atom. The van der Waals surface area contributed by atoms with Gasteiger partial charge in [0.05, 0.1) is 6.61 Å². The molecule has 1 aliphatic rings. The van der Waals surface area contributed by atoms with E-state index in [0.717, 1.165) is 17.1 Å². The van der Waals surface area contributed by atoms with E-state index in [1.807, 2.05) is 38.2 Å². The highest BCUT2D eigenvalue weighted by atomic mass is 16.5. The first-order valence-electron chi connectivity index (χ1n) is 9.58. The Morgan fingerprint density at radius 1 is 1.21 bits per heavy atom. The maximum absolute atomic E-state index is 12.5. The number of fused-ring (bicyclic) bond motifs is 1. The van der Waals surface area contributed by atoms with Crippen LogP contribution in [0.2, 0.25) is 0 Å². The molecule has 29 heavy (non-hydrogen) atoms. The van der Waals surface area contributed by atoms with Gasteiger partial charge in [-0.15, -0.1) is 0 Å². The molecular weight excluding hydrogens is 362 g/mol. The van der Waals surface area contributed by atoms with Crippen LogP contribution >= 0.6 is 0 Å². The van der Waals surface area contributed by atoms with Gasteiger partial charge in [0.25, 0.3) is 5.91 Å². The van der Waals surface area contributed by atoms with E-state index in [1.165, 1.54) is 5.56 Å². The lowest BCUT2D eigenvalue weighted by Crippen LogP contribution is -2.22. The number of allylic oxidation sites excluding steroid dienone is 3. The molecule has 0 aliphatic carbocycles. The Hall–Kier alpha value is -3.52.